The Labute approximate surface area is 166 Å². The van der Waals surface area contributed by atoms with E-state index >= 15 is 0 Å². The third-order valence-corrected chi connectivity index (χ3v) is 5.66. The SMILES string of the molecule is Cn1ccnc1C(=O)C1CCCN(C(=O)CCc2nnc(-c3ccsc3)o2)C1. The molecule has 1 atom stereocenters. The van der Waals surface area contributed by atoms with Crippen LogP contribution in [0.15, 0.2) is 33.6 Å². The molecule has 0 aliphatic carbocycles. The Kier molecular flexibility index (Phi) is 5.34. The molecule has 3 aromatic heterocycles. The van der Waals surface area contributed by atoms with Crippen LogP contribution >= 0.6 is 11.3 Å². The molecule has 1 unspecified atom stereocenters. The van der Waals surface area contributed by atoms with Gasteiger partial charge in [0.1, 0.15) is 0 Å². The van der Waals surface area contributed by atoms with Crippen LogP contribution in [0.3, 0.4) is 0 Å². The number of carbonyl (C=O) groups excluding carboxylic acids is 2. The third-order valence-electron chi connectivity index (χ3n) is 4.97. The van der Waals surface area contributed by atoms with Crippen molar-refractivity contribution in [3.05, 3.63) is 40.9 Å². The number of aromatic nitrogens is 4. The van der Waals surface area contributed by atoms with Crippen molar-refractivity contribution in [1.82, 2.24) is 24.6 Å². The number of imidazole rings is 1. The number of hydrogen-bond acceptors (Lipinski definition) is 7. The zero-order valence-corrected chi connectivity index (χ0v) is 16.4. The van der Waals surface area contributed by atoms with Crippen LogP contribution < -0.4 is 0 Å². The Morgan fingerprint density at radius 1 is 1.36 bits per heavy atom. The van der Waals surface area contributed by atoms with E-state index in [0.29, 0.717) is 37.1 Å². The maximum absolute atomic E-state index is 12.7. The van der Waals surface area contributed by atoms with Crippen LogP contribution in [-0.2, 0) is 18.3 Å². The van der Waals surface area contributed by atoms with Crippen LogP contribution in [0.25, 0.3) is 11.5 Å². The predicted molar refractivity (Wildman–Crippen MR) is 103 cm³/mol. The van der Waals surface area contributed by atoms with Gasteiger partial charge in [0.25, 0.3) is 0 Å². The van der Waals surface area contributed by atoms with Crippen LogP contribution in [0.1, 0.15) is 35.8 Å². The number of Topliss-reactive ketones (excluding diaryl/α,β-unsaturated/α-hetero) is 1. The molecule has 9 heteroatoms. The molecule has 1 saturated heterocycles. The normalized spacial score (nSPS) is 17.0. The lowest BCUT2D eigenvalue weighted by molar-refractivity contribution is -0.132. The van der Waals surface area contributed by atoms with Crippen LogP contribution in [0.2, 0.25) is 0 Å². The molecule has 0 N–H and O–H groups in total. The number of nitrogens with zero attached hydrogens (tertiary/aromatic N) is 5. The molecule has 28 heavy (non-hydrogen) atoms. The molecule has 1 fully saturated rings. The van der Waals surface area contributed by atoms with Crippen molar-refractivity contribution in [1.29, 1.82) is 0 Å². The number of hydrogen-bond donors (Lipinski definition) is 0. The molecule has 4 rings (SSSR count). The Hall–Kier alpha value is -2.81. The highest BCUT2D eigenvalue weighted by atomic mass is 32.1. The van der Waals surface area contributed by atoms with Gasteiger partial charge in [-0.25, -0.2) is 4.98 Å². The number of likely N-dealkylation sites (tertiary alicyclic amines) is 1. The van der Waals surface area contributed by atoms with E-state index in [2.05, 4.69) is 15.2 Å². The van der Waals surface area contributed by atoms with Crippen molar-refractivity contribution in [2.24, 2.45) is 13.0 Å². The molecule has 0 spiro atoms. The Bertz CT molecular complexity index is 962. The molecule has 0 radical (unpaired) electrons. The van der Waals surface area contributed by atoms with Crippen LogP contribution in [0.4, 0.5) is 0 Å². The molecule has 4 heterocycles. The Morgan fingerprint density at radius 3 is 3.00 bits per heavy atom. The summed E-state index contributed by atoms with van der Waals surface area (Å²) in [6.45, 7) is 1.11. The summed E-state index contributed by atoms with van der Waals surface area (Å²) in [6, 6.07) is 1.92. The van der Waals surface area contributed by atoms with Crippen LogP contribution in [0.5, 0.6) is 0 Å². The van der Waals surface area contributed by atoms with Gasteiger partial charge in [0.15, 0.2) is 5.82 Å². The molecule has 0 aromatic carbocycles. The standard InChI is InChI=1S/C19H21N5O3S/c1-23-9-7-20-18(23)17(26)13-3-2-8-24(11-13)16(25)5-4-15-21-22-19(27-15)14-6-10-28-12-14/h6-7,9-10,12-13H,2-5,8,11H2,1H3. The van der Waals surface area contributed by atoms with Crippen molar-refractivity contribution in [2.75, 3.05) is 13.1 Å². The molecule has 1 aliphatic rings. The van der Waals surface area contributed by atoms with Gasteiger partial charge >= 0.3 is 0 Å². The lowest BCUT2D eigenvalue weighted by atomic mass is 9.93. The summed E-state index contributed by atoms with van der Waals surface area (Å²) >= 11 is 1.56. The number of thiophene rings is 1. The number of ketones is 1. The van der Waals surface area contributed by atoms with Gasteiger partial charge in [-0.05, 0) is 24.3 Å². The first-order valence-electron chi connectivity index (χ1n) is 9.26. The summed E-state index contributed by atoms with van der Waals surface area (Å²) in [5, 5.41) is 11.9. The molecule has 3 aromatic rings. The molecule has 1 aliphatic heterocycles. The zero-order chi connectivity index (χ0) is 19.5. The molecular weight excluding hydrogens is 378 g/mol. The lowest BCUT2D eigenvalue weighted by Crippen LogP contribution is -2.42. The Morgan fingerprint density at radius 2 is 2.25 bits per heavy atom. The van der Waals surface area contributed by atoms with Gasteiger partial charge in [0.2, 0.25) is 23.5 Å². The number of piperidine rings is 1. The van der Waals surface area contributed by atoms with Gasteiger partial charge in [-0.1, -0.05) is 0 Å². The smallest absolute Gasteiger partial charge is 0.248 e. The molecule has 1 amide bonds. The van der Waals surface area contributed by atoms with Gasteiger partial charge in [0, 0.05) is 62.2 Å². The van der Waals surface area contributed by atoms with Gasteiger partial charge in [-0.15, -0.1) is 10.2 Å². The molecular formula is C19H21N5O3S. The molecule has 0 saturated carbocycles. The lowest BCUT2D eigenvalue weighted by Gasteiger charge is -2.31. The zero-order valence-electron chi connectivity index (χ0n) is 15.6. The first kappa shape index (κ1) is 18.5. The summed E-state index contributed by atoms with van der Waals surface area (Å²) in [7, 11) is 1.81. The summed E-state index contributed by atoms with van der Waals surface area (Å²) in [4.78, 5) is 31.2. The van der Waals surface area contributed by atoms with Crippen molar-refractivity contribution in [3.63, 3.8) is 0 Å². The number of amides is 1. The molecule has 8 nitrogen and oxygen atoms in total. The van der Waals surface area contributed by atoms with Gasteiger partial charge in [0.05, 0.1) is 0 Å². The van der Waals surface area contributed by atoms with Crippen molar-refractivity contribution < 1.29 is 14.0 Å². The largest absolute Gasteiger partial charge is 0.421 e. The minimum Gasteiger partial charge on any atom is -0.421 e. The second-order valence-electron chi connectivity index (χ2n) is 6.92. The highest BCUT2D eigenvalue weighted by Crippen LogP contribution is 2.23. The van der Waals surface area contributed by atoms with Crippen molar-refractivity contribution in [3.8, 4) is 11.5 Å². The first-order chi connectivity index (χ1) is 13.6. The highest BCUT2D eigenvalue weighted by Gasteiger charge is 2.30. The maximum atomic E-state index is 12.7. The van der Waals surface area contributed by atoms with E-state index in [-0.39, 0.29) is 24.0 Å². The van der Waals surface area contributed by atoms with E-state index in [9.17, 15) is 9.59 Å². The van der Waals surface area contributed by atoms with E-state index < -0.39 is 0 Å². The summed E-state index contributed by atoms with van der Waals surface area (Å²) in [5.74, 6) is 1.18. The average molecular weight is 399 g/mol. The maximum Gasteiger partial charge on any atom is 0.248 e. The quantitative estimate of drug-likeness (QED) is 0.592. The van der Waals surface area contributed by atoms with Crippen molar-refractivity contribution >= 4 is 23.0 Å². The average Bonchev–Trinajstić information content (AvgIpc) is 3.47. The topological polar surface area (TPSA) is 94.1 Å². The number of rotatable bonds is 6. The van der Waals surface area contributed by atoms with Gasteiger partial charge in [-0.3, -0.25) is 9.59 Å². The Balaban J connectivity index is 1.33. The van der Waals surface area contributed by atoms with E-state index in [1.54, 1.807) is 40.2 Å². The van der Waals surface area contributed by atoms with Crippen LogP contribution in [-0.4, -0.2) is 49.4 Å². The van der Waals surface area contributed by atoms with Gasteiger partial charge in [-0.2, -0.15) is 11.3 Å². The summed E-state index contributed by atoms with van der Waals surface area (Å²) in [5.41, 5.74) is 0.891. The minimum absolute atomic E-state index is 0.00214. The van der Waals surface area contributed by atoms with E-state index in [4.69, 9.17) is 4.42 Å². The van der Waals surface area contributed by atoms with Gasteiger partial charge < -0.3 is 13.9 Å². The molecule has 146 valence electrons. The monoisotopic (exact) mass is 399 g/mol. The second kappa shape index (κ2) is 8.05. The summed E-state index contributed by atoms with van der Waals surface area (Å²) in [6.07, 6.45) is 5.65. The summed E-state index contributed by atoms with van der Waals surface area (Å²) < 4.78 is 7.36. The number of carbonyl (C=O) groups is 2. The van der Waals surface area contributed by atoms with E-state index in [1.807, 2.05) is 16.8 Å². The third kappa shape index (κ3) is 3.89. The van der Waals surface area contributed by atoms with Crippen molar-refractivity contribution in [2.45, 2.75) is 25.7 Å². The van der Waals surface area contributed by atoms with Crippen LogP contribution in [0, 0.1) is 5.92 Å². The first-order valence-corrected chi connectivity index (χ1v) is 10.2. The van der Waals surface area contributed by atoms with E-state index in [0.717, 1.165) is 18.4 Å². The fourth-order valence-corrected chi connectivity index (χ4v) is 4.06. The second-order valence-corrected chi connectivity index (χ2v) is 7.70. The van der Waals surface area contributed by atoms with E-state index in [1.165, 1.54) is 0 Å². The highest BCUT2D eigenvalue weighted by molar-refractivity contribution is 7.08. The molecule has 0 bridgehead atoms. The fraction of sp³-hybridized carbons (Fsp3) is 0.421. The number of aryl methyl sites for hydroxylation is 2. The predicted octanol–water partition coefficient (Wildman–Crippen LogP) is 2.59. The fourth-order valence-electron chi connectivity index (χ4n) is 3.43. The minimum atomic E-state index is -0.201.